The van der Waals surface area contributed by atoms with Gasteiger partial charge in [-0.15, -0.1) is 0 Å². The molecule has 0 saturated carbocycles. The van der Waals surface area contributed by atoms with Crippen molar-refractivity contribution < 1.29 is 23.5 Å². The number of hydrogen-bond donors (Lipinski definition) is 2. The van der Waals surface area contributed by atoms with Crippen LogP contribution >= 0.6 is 0 Å². The highest BCUT2D eigenvalue weighted by molar-refractivity contribution is 5.98. The second-order valence-electron chi connectivity index (χ2n) is 8.73. The maximum absolute atomic E-state index is 13.5. The molecule has 1 aromatic heterocycles. The Hall–Kier alpha value is -4.65. The molecule has 0 saturated heterocycles. The molecule has 0 spiro atoms. The second kappa shape index (κ2) is 11.9. The third kappa shape index (κ3) is 6.73. The molecule has 1 heterocycles. The number of carbonyl (C=O) groups excluding carboxylic acids is 3. The second-order valence-corrected chi connectivity index (χ2v) is 8.73. The topological polar surface area (TPSA) is 97.6 Å². The minimum atomic E-state index is -1.23. The van der Waals surface area contributed by atoms with Gasteiger partial charge in [0, 0.05) is 17.7 Å². The first kappa shape index (κ1) is 25.4. The molecule has 2 unspecified atom stereocenters. The molecule has 0 aliphatic heterocycles. The molecule has 0 fully saturated rings. The molecule has 2 N–H and O–H groups in total. The number of nitrogens with one attached hydrogen (secondary N) is 2. The lowest BCUT2D eigenvalue weighted by Crippen LogP contribution is -2.44. The van der Waals surface area contributed by atoms with Crippen LogP contribution in [0.3, 0.4) is 0 Å². The van der Waals surface area contributed by atoms with Gasteiger partial charge in [0.25, 0.3) is 11.8 Å². The number of carbonyl (C=O) groups is 3. The fraction of sp³-hybridized carbons (Fsp3) is 0.167. The molecule has 0 radical (unpaired) electrons. The third-order valence-corrected chi connectivity index (χ3v) is 5.84. The quantitative estimate of drug-likeness (QED) is 0.312. The molecule has 0 aliphatic rings. The first-order chi connectivity index (χ1) is 17.9. The summed E-state index contributed by atoms with van der Waals surface area (Å²) in [6, 6.07) is 25.8. The predicted molar refractivity (Wildman–Crippen MR) is 140 cm³/mol. The van der Waals surface area contributed by atoms with Crippen molar-refractivity contribution in [3.05, 3.63) is 125 Å². The fourth-order valence-corrected chi connectivity index (χ4v) is 3.85. The van der Waals surface area contributed by atoms with Gasteiger partial charge in [-0.25, -0.2) is 4.79 Å². The molecule has 2 amide bonds. The average molecular weight is 497 g/mol. The van der Waals surface area contributed by atoms with Crippen molar-refractivity contribution in [3.8, 4) is 0 Å². The highest BCUT2D eigenvalue weighted by atomic mass is 16.5. The van der Waals surface area contributed by atoms with Crippen molar-refractivity contribution in [3.63, 3.8) is 0 Å². The number of amides is 2. The molecule has 2 atom stereocenters. The Morgan fingerprint density at radius 2 is 1.57 bits per heavy atom. The Kier molecular flexibility index (Phi) is 8.15. The number of ether oxygens (including phenoxy) is 1. The monoisotopic (exact) mass is 496 g/mol. The molecule has 0 aliphatic carbocycles. The number of aryl methyl sites for hydroxylation is 2. The molecule has 37 heavy (non-hydrogen) atoms. The van der Waals surface area contributed by atoms with Gasteiger partial charge in [0.15, 0.2) is 5.76 Å². The van der Waals surface area contributed by atoms with E-state index in [9.17, 15) is 14.4 Å². The van der Waals surface area contributed by atoms with Gasteiger partial charge in [0.2, 0.25) is 6.10 Å². The standard InChI is InChI=1S/C30H28N2O5/c1-20-15-16-21(2)24(18-20)31-29(34)27(23-12-7-4-8-13-23)37-30(35)25(19-22-10-5-3-6-11-22)32-28(33)26-14-9-17-36-26/h3-18,25,27H,19H2,1-2H3,(H,31,34)(H,32,33). The number of rotatable bonds is 9. The van der Waals surface area contributed by atoms with E-state index >= 15 is 0 Å². The number of anilines is 1. The summed E-state index contributed by atoms with van der Waals surface area (Å²) in [4.78, 5) is 39.6. The zero-order chi connectivity index (χ0) is 26.2. The minimum Gasteiger partial charge on any atom is -0.459 e. The summed E-state index contributed by atoms with van der Waals surface area (Å²) < 4.78 is 11.0. The van der Waals surface area contributed by atoms with Crippen LogP contribution in [0.25, 0.3) is 0 Å². The molecule has 0 bridgehead atoms. The molecular weight excluding hydrogens is 468 g/mol. The summed E-state index contributed by atoms with van der Waals surface area (Å²) in [5.74, 6) is -1.73. The van der Waals surface area contributed by atoms with Crippen LogP contribution in [0, 0.1) is 13.8 Å². The summed E-state index contributed by atoms with van der Waals surface area (Å²) in [5, 5.41) is 5.58. The van der Waals surface area contributed by atoms with Crippen LogP contribution in [0.1, 0.15) is 38.9 Å². The summed E-state index contributed by atoms with van der Waals surface area (Å²) in [6.07, 6.45) is 0.321. The zero-order valence-electron chi connectivity index (χ0n) is 20.6. The van der Waals surface area contributed by atoms with Gasteiger partial charge >= 0.3 is 5.97 Å². The van der Waals surface area contributed by atoms with Crippen molar-refractivity contribution in [2.75, 3.05) is 5.32 Å². The van der Waals surface area contributed by atoms with E-state index in [0.717, 1.165) is 16.7 Å². The van der Waals surface area contributed by atoms with Crippen molar-refractivity contribution in [1.29, 1.82) is 0 Å². The largest absolute Gasteiger partial charge is 0.459 e. The van der Waals surface area contributed by atoms with E-state index in [4.69, 9.17) is 9.15 Å². The van der Waals surface area contributed by atoms with Crippen LogP contribution in [0.4, 0.5) is 5.69 Å². The van der Waals surface area contributed by atoms with E-state index in [1.165, 1.54) is 12.3 Å². The number of esters is 1. The van der Waals surface area contributed by atoms with Gasteiger partial charge in [0.1, 0.15) is 6.04 Å². The summed E-state index contributed by atoms with van der Waals surface area (Å²) in [6.45, 7) is 3.82. The average Bonchev–Trinajstić information content (AvgIpc) is 3.45. The summed E-state index contributed by atoms with van der Waals surface area (Å²) >= 11 is 0. The van der Waals surface area contributed by atoms with Gasteiger partial charge in [-0.2, -0.15) is 0 Å². The first-order valence-electron chi connectivity index (χ1n) is 11.9. The normalized spacial score (nSPS) is 12.3. The molecule has 4 aromatic rings. The highest BCUT2D eigenvalue weighted by Gasteiger charge is 2.31. The number of hydrogen-bond acceptors (Lipinski definition) is 5. The Morgan fingerprint density at radius 3 is 2.24 bits per heavy atom. The van der Waals surface area contributed by atoms with E-state index in [2.05, 4.69) is 10.6 Å². The molecule has 7 nitrogen and oxygen atoms in total. The third-order valence-electron chi connectivity index (χ3n) is 5.84. The summed E-state index contributed by atoms with van der Waals surface area (Å²) in [5.41, 5.74) is 3.83. The lowest BCUT2D eigenvalue weighted by Gasteiger charge is -2.23. The van der Waals surface area contributed by atoms with E-state index in [1.807, 2.05) is 68.4 Å². The smallest absolute Gasteiger partial charge is 0.330 e. The Labute approximate surface area is 215 Å². The van der Waals surface area contributed by atoms with Gasteiger partial charge in [0.05, 0.1) is 6.26 Å². The van der Waals surface area contributed by atoms with Gasteiger partial charge in [-0.05, 0) is 48.7 Å². The van der Waals surface area contributed by atoms with Crippen LogP contribution < -0.4 is 10.6 Å². The zero-order valence-corrected chi connectivity index (χ0v) is 20.6. The maximum atomic E-state index is 13.5. The van der Waals surface area contributed by atoms with Gasteiger partial charge < -0.3 is 19.8 Å². The maximum Gasteiger partial charge on any atom is 0.330 e. The summed E-state index contributed by atoms with van der Waals surface area (Å²) in [7, 11) is 0. The number of benzene rings is 3. The van der Waals surface area contributed by atoms with Crippen molar-refractivity contribution in [2.45, 2.75) is 32.4 Å². The SMILES string of the molecule is Cc1ccc(C)c(NC(=O)C(OC(=O)C(Cc2ccccc2)NC(=O)c2ccco2)c2ccccc2)c1. The van der Waals surface area contributed by atoms with Crippen molar-refractivity contribution in [2.24, 2.45) is 0 Å². The Morgan fingerprint density at radius 1 is 0.865 bits per heavy atom. The van der Waals surface area contributed by atoms with Gasteiger partial charge in [-0.3, -0.25) is 9.59 Å². The van der Waals surface area contributed by atoms with Gasteiger partial charge in [-0.1, -0.05) is 72.8 Å². The fourth-order valence-electron chi connectivity index (χ4n) is 3.85. The van der Waals surface area contributed by atoms with Crippen LogP contribution in [0.15, 0.2) is 102 Å². The first-order valence-corrected chi connectivity index (χ1v) is 11.9. The Balaban J connectivity index is 1.59. The van der Waals surface area contributed by atoms with Crippen molar-refractivity contribution in [1.82, 2.24) is 5.32 Å². The molecule has 7 heteroatoms. The molecule has 4 rings (SSSR count). The van der Waals surface area contributed by atoms with Crippen LogP contribution in [0.2, 0.25) is 0 Å². The lowest BCUT2D eigenvalue weighted by atomic mass is 10.0. The van der Waals surface area contributed by atoms with E-state index < -0.39 is 29.9 Å². The van der Waals surface area contributed by atoms with E-state index in [0.29, 0.717) is 11.3 Å². The van der Waals surface area contributed by atoms with E-state index in [-0.39, 0.29) is 12.2 Å². The van der Waals surface area contributed by atoms with E-state index in [1.54, 1.807) is 30.3 Å². The van der Waals surface area contributed by atoms with Crippen LogP contribution in [-0.4, -0.2) is 23.8 Å². The number of furan rings is 1. The highest BCUT2D eigenvalue weighted by Crippen LogP contribution is 2.23. The van der Waals surface area contributed by atoms with Crippen LogP contribution in [0.5, 0.6) is 0 Å². The molecule has 3 aromatic carbocycles. The minimum absolute atomic E-state index is 0.0677. The lowest BCUT2D eigenvalue weighted by molar-refractivity contribution is -0.156. The Bertz CT molecular complexity index is 1350. The molecular formula is C30H28N2O5. The molecule has 188 valence electrons. The van der Waals surface area contributed by atoms with Crippen molar-refractivity contribution >= 4 is 23.5 Å². The van der Waals surface area contributed by atoms with Crippen LogP contribution in [-0.2, 0) is 20.7 Å². The predicted octanol–water partition coefficient (Wildman–Crippen LogP) is 5.16.